The molecular weight excluding hydrogens is 222 g/mol. The molecule has 12 heavy (non-hydrogen) atoms. The first kappa shape index (κ1) is 7.54. The summed E-state index contributed by atoms with van der Waals surface area (Å²) in [5, 5.41) is 7.14. The molecule has 0 radical (unpaired) electrons. The molecule has 0 aliphatic rings. The predicted molar refractivity (Wildman–Crippen MR) is 49.0 cm³/mol. The van der Waals surface area contributed by atoms with Crippen molar-refractivity contribution in [2.45, 2.75) is 0 Å². The summed E-state index contributed by atoms with van der Waals surface area (Å²) in [6, 6.07) is 0. The van der Waals surface area contributed by atoms with Gasteiger partial charge in [-0.1, -0.05) is 0 Å². The Morgan fingerprint density at radius 1 is 1.67 bits per heavy atom. The highest BCUT2D eigenvalue weighted by Crippen LogP contribution is 2.17. The van der Waals surface area contributed by atoms with Gasteiger partial charge in [0.15, 0.2) is 0 Å². The zero-order chi connectivity index (χ0) is 8.72. The Bertz CT molecular complexity index is 485. The monoisotopic (exact) mass is 227 g/mol. The number of aryl methyl sites for hydroxylation is 1. The van der Waals surface area contributed by atoms with Crippen molar-refractivity contribution < 1.29 is 0 Å². The average Bonchev–Trinajstić information content (AvgIpc) is 2.48. The third-order valence-electron chi connectivity index (χ3n) is 1.74. The molecule has 0 atom stereocenters. The Balaban J connectivity index is 3.07. The summed E-state index contributed by atoms with van der Waals surface area (Å²) >= 11 is 3.33. The van der Waals surface area contributed by atoms with E-state index in [0.717, 1.165) is 9.99 Å². The van der Waals surface area contributed by atoms with Gasteiger partial charge in [-0.05, 0) is 15.9 Å². The van der Waals surface area contributed by atoms with E-state index in [1.807, 2.05) is 0 Å². The van der Waals surface area contributed by atoms with E-state index in [1.165, 1.54) is 10.8 Å². The molecule has 0 unspecified atom stereocenters. The van der Waals surface area contributed by atoms with Gasteiger partial charge < -0.3 is 4.57 Å². The van der Waals surface area contributed by atoms with Crippen LogP contribution in [0.25, 0.3) is 10.9 Å². The highest BCUT2D eigenvalue weighted by Gasteiger charge is 2.05. The topological polar surface area (TPSA) is 50.7 Å². The van der Waals surface area contributed by atoms with Crippen molar-refractivity contribution in [1.29, 1.82) is 0 Å². The zero-order valence-electron chi connectivity index (χ0n) is 6.34. The van der Waals surface area contributed by atoms with Crippen molar-refractivity contribution in [3.63, 3.8) is 0 Å². The van der Waals surface area contributed by atoms with Crippen LogP contribution in [-0.4, -0.2) is 14.8 Å². The van der Waals surface area contributed by atoms with E-state index in [1.54, 1.807) is 13.2 Å². The van der Waals surface area contributed by atoms with Gasteiger partial charge in [0.2, 0.25) is 0 Å². The lowest BCUT2D eigenvalue weighted by atomic mass is 10.3. The second-order valence-electron chi connectivity index (χ2n) is 2.55. The SMILES string of the molecule is Cn1cc(Br)c2[nH]ncc2c1=O. The Morgan fingerprint density at radius 3 is 3.17 bits per heavy atom. The maximum atomic E-state index is 11.4. The summed E-state index contributed by atoms with van der Waals surface area (Å²) < 4.78 is 2.36. The van der Waals surface area contributed by atoms with Gasteiger partial charge >= 0.3 is 0 Å². The number of aromatic nitrogens is 3. The maximum Gasteiger partial charge on any atom is 0.261 e. The third-order valence-corrected chi connectivity index (χ3v) is 2.34. The number of fused-ring (bicyclic) bond motifs is 1. The van der Waals surface area contributed by atoms with E-state index in [9.17, 15) is 4.79 Å². The molecule has 4 nitrogen and oxygen atoms in total. The summed E-state index contributed by atoms with van der Waals surface area (Å²) in [6.45, 7) is 0. The van der Waals surface area contributed by atoms with Gasteiger partial charge in [0.1, 0.15) is 0 Å². The van der Waals surface area contributed by atoms with Gasteiger partial charge in [0.05, 0.1) is 21.6 Å². The number of hydrogen-bond donors (Lipinski definition) is 1. The maximum absolute atomic E-state index is 11.4. The molecule has 2 aromatic heterocycles. The second kappa shape index (κ2) is 2.45. The lowest BCUT2D eigenvalue weighted by Crippen LogP contribution is -2.15. The van der Waals surface area contributed by atoms with Crippen molar-refractivity contribution in [1.82, 2.24) is 14.8 Å². The first-order chi connectivity index (χ1) is 5.70. The van der Waals surface area contributed by atoms with Crippen LogP contribution in [0, 0.1) is 0 Å². The molecule has 0 amide bonds. The number of hydrogen-bond acceptors (Lipinski definition) is 2. The fourth-order valence-electron chi connectivity index (χ4n) is 1.11. The fraction of sp³-hybridized carbons (Fsp3) is 0.143. The second-order valence-corrected chi connectivity index (χ2v) is 3.41. The first-order valence-corrected chi connectivity index (χ1v) is 4.17. The molecule has 2 heterocycles. The lowest BCUT2D eigenvalue weighted by molar-refractivity contribution is 0.869. The molecule has 0 aromatic carbocycles. The molecule has 0 aliphatic carbocycles. The van der Waals surface area contributed by atoms with E-state index >= 15 is 0 Å². The highest BCUT2D eigenvalue weighted by atomic mass is 79.9. The van der Waals surface area contributed by atoms with Crippen LogP contribution in [0.3, 0.4) is 0 Å². The number of nitrogens with one attached hydrogen (secondary N) is 1. The summed E-state index contributed by atoms with van der Waals surface area (Å²) in [6.07, 6.45) is 3.24. The molecule has 1 N–H and O–H groups in total. The molecular formula is C7H6BrN3O. The number of H-pyrrole nitrogens is 1. The molecule has 5 heteroatoms. The van der Waals surface area contributed by atoms with Crippen LogP contribution < -0.4 is 5.56 Å². The summed E-state index contributed by atoms with van der Waals surface area (Å²) in [5.74, 6) is 0. The van der Waals surface area contributed by atoms with Gasteiger partial charge in [0, 0.05) is 13.2 Å². The average molecular weight is 228 g/mol. The molecule has 0 aliphatic heterocycles. The molecule has 62 valence electrons. The lowest BCUT2D eigenvalue weighted by Gasteiger charge is -1.97. The van der Waals surface area contributed by atoms with Gasteiger partial charge in [-0.3, -0.25) is 9.89 Å². The van der Waals surface area contributed by atoms with Gasteiger partial charge in [-0.25, -0.2) is 0 Å². The van der Waals surface area contributed by atoms with E-state index in [2.05, 4.69) is 26.1 Å². The normalized spacial score (nSPS) is 10.8. The van der Waals surface area contributed by atoms with E-state index in [-0.39, 0.29) is 5.56 Å². The fourth-order valence-corrected chi connectivity index (χ4v) is 1.72. The largest absolute Gasteiger partial charge is 0.317 e. The number of rotatable bonds is 0. The molecule has 0 saturated heterocycles. The molecule has 0 saturated carbocycles. The van der Waals surface area contributed by atoms with Crippen molar-refractivity contribution in [3.05, 3.63) is 27.2 Å². The Kier molecular flexibility index (Phi) is 1.54. The van der Waals surface area contributed by atoms with Gasteiger partial charge in [-0.2, -0.15) is 5.10 Å². The van der Waals surface area contributed by atoms with Crippen LogP contribution in [0.4, 0.5) is 0 Å². The standard InChI is InChI=1S/C7H6BrN3O/c1-11-3-5(8)6-4(7(11)12)2-9-10-6/h2-3H,1H3,(H,9,10). The van der Waals surface area contributed by atoms with Crippen LogP contribution in [0.1, 0.15) is 0 Å². The molecule has 0 fully saturated rings. The minimum atomic E-state index is -0.0399. The predicted octanol–water partition coefficient (Wildman–Crippen LogP) is 1.02. The van der Waals surface area contributed by atoms with Crippen molar-refractivity contribution in [3.8, 4) is 0 Å². The van der Waals surface area contributed by atoms with Gasteiger partial charge in [0.25, 0.3) is 5.56 Å². The number of halogens is 1. The molecule has 2 aromatic rings. The summed E-state index contributed by atoms with van der Waals surface area (Å²) in [5.41, 5.74) is 0.708. The molecule has 2 rings (SSSR count). The third kappa shape index (κ3) is 0.896. The minimum Gasteiger partial charge on any atom is -0.317 e. The molecule has 0 bridgehead atoms. The van der Waals surface area contributed by atoms with Crippen LogP contribution >= 0.6 is 15.9 Å². The number of pyridine rings is 1. The van der Waals surface area contributed by atoms with Crippen LogP contribution in [0.2, 0.25) is 0 Å². The number of aromatic amines is 1. The number of nitrogens with zero attached hydrogens (tertiary/aromatic N) is 2. The Morgan fingerprint density at radius 2 is 2.42 bits per heavy atom. The minimum absolute atomic E-state index is 0.0399. The van der Waals surface area contributed by atoms with Crippen molar-refractivity contribution in [2.24, 2.45) is 7.05 Å². The Labute approximate surface area is 76.3 Å². The van der Waals surface area contributed by atoms with Gasteiger partial charge in [-0.15, -0.1) is 0 Å². The Hall–Kier alpha value is -1.10. The van der Waals surface area contributed by atoms with E-state index < -0.39 is 0 Å². The quantitative estimate of drug-likeness (QED) is 0.731. The van der Waals surface area contributed by atoms with Crippen LogP contribution in [0.15, 0.2) is 21.7 Å². The summed E-state index contributed by atoms with van der Waals surface area (Å²) in [7, 11) is 1.71. The summed E-state index contributed by atoms with van der Waals surface area (Å²) in [4.78, 5) is 11.4. The smallest absolute Gasteiger partial charge is 0.261 e. The highest BCUT2D eigenvalue weighted by molar-refractivity contribution is 9.10. The first-order valence-electron chi connectivity index (χ1n) is 3.38. The zero-order valence-corrected chi connectivity index (χ0v) is 7.92. The van der Waals surface area contributed by atoms with E-state index in [0.29, 0.717) is 5.39 Å². The van der Waals surface area contributed by atoms with Crippen LogP contribution in [0.5, 0.6) is 0 Å². The van der Waals surface area contributed by atoms with E-state index in [4.69, 9.17) is 0 Å². The molecule has 0 spiro atoms. The van der Waals surface area contributed by atoms with Crippen LogP contribution in [-0.2, 0) is 7.05 Å². The van der Waals surface area contributed by atoms with Crippen molar-refractivity contribution in [2.75, 3.05) is 0 Å². The van der Waals surface area contributed by atoms with Crippen molar-refractivity contribution >= 4 is 26.8 Å².